The van der Waals surface area contributed by atoms with Crippen molar-refractivity contribution in [3.8, 4) is 0 Å². The molecule has 0 spiro atoms. The van der Waals surface area contributed by atoms with E-state index >= 15 is 0 Å². The topological polar surface area (TPSA) is 50.8 Å². The van der Waals surface area contributed by atoms with Crippen molar-refractivity contribution in [1.82, 2.24) is 10.2 Å². The van der Waals surface area contributed by atoms with E-state index in [1.165, 1.54) is 12.1 Å². The molecule has 0 aromatic heterocycles. The molecule has 5 nitrogen and oxygen atoms in total. The molecule has 132 valence electrons. The summed E-state index contributed by atoms with van der Waals surface area (Å²) < 4.78 is 48.7. The van der Waals surface area contributed by atoms with E-state index in [-0.39, 0.29) is 12.1 Å². The van der Waals surface area contributed by atoms with Crippen LogP contribution in [0.4, 0.5) is 18.0 Å². The second-order valence-electron chi connectivity index (χ2n) is 5.94. The van der Waals surface area contributed by atoms with Gasteiger partial charge in [0.1, 0.15) is 6.10 Å². The standard InChI is InChI=1S/C16H19F3N2O3/c17-16(18,19)12-3-1-11(2-4-12)14-9-21(6-8-24-14)15(22)20-13-5-7-23-10-13/h1-4,13-14H,5-10H2,(H,20,22)/t13-,14-/m0/s1. The van der Waals surface area contributed by atoms with Gasteiger partial charge in [0.2, 0.25) is 0 Å². The molecular weight excluding hydrogens is 325 g/mol. The molecule has 2 aliphatic rings. The smallest absolute Gasteiger partial charge is 0.379 e. The maximum absolute atomic E-state index is 12.6. The molecule has 3 rings (SSSR count). The molecule has 0 bridgehead atoms. The van der Waals surface area contributed by atoms with Crippen LogP contribution >= 0.6 is 0 Å². The van der Waals surface area contributed by atoms with Crippen LogP contribution in [0, 0.1) is 0 Å². The number of amides is 2. The molecule has 1 aromatic rings. The van der Waals surface area contributed by atoms with Gasteiger partial charge in [-0.1, -0.05) is 12.1 Å². The summed E-state index contributed by atoms with van der Waals surface area (Å²) >= 11 is 0. The van der Waals surface area contributed by atoms with E-state index in [1.54, 1.807) is 4.90 Å². The van der Waals surface area contributed by atoms with Crippen molar-refractivity contribution >= 4 is 6.03 Å². The van der Waals surface area contributed by atoms with Crippen LogP contribution in [0.2, 0.25) is 0 Å². The van der Waals surface area contributed by atoms with Crippen LogP contribution < -0.4 is 5.32 Å². The number of nitrogens with zero attached hydrogens (tertiary/aromatic N) is 1. The molecule has 1 N–H and O–H groups in total. The highest BCUT2D eigenvalue weighted by Crippen LogP contribution is 2.31. The Kier molecular flexibility index (Phi) is 4.96. The molecule has 2 fully saturated rings. The number of carbonyl (C=O) groups is 1. The fourth-order valence-electron chi connectivity index (χ4n) is 2.84. The van der Waals surface area contributed by atoms with E-state index in [0.717, 1.165) is 18.6 Å². The molecule has 0 radical (unpaired) electrons. The third kappa shape index (κ3) is 3.99. The number of hydrogen-bond acceptors (Lipinski definition) is 3. The number of ether oxygens (including phenoxy) is 2. The first kappa shape index (κ1) is 17.0. The average Bonchev–Trinajstić information content (AvgIpc) is 3.07. The Bertz CT molecular complexity index is 571. The Balaban J connectivity index is 1.61. The van der Waals surface area contributed by atoms with Gasteiger partial charge in [-0.2, -0.15) is 13.2 Å². The lowest BCUT2D eigenvalue weighted by Crippen LogP contribution is -2.50. The summed E-state index contributed by atoms with van der Waals surface area (Å²) in [4.78, 5) is 13.9. The highest BCUT2D eigenvalue weighted by Gasteiger charge is 2.31. The van der Waals surface area contributed by atoms with Crippen LogP contribution in [-0.2, 0) is 15.7 Å². The Morgan fingerprint density at radius 1 is 1.21 bits per heavy atom. The largest absolute Gasteiger partial charge is 0.416 e. The maximum Gasteiger partial charge on any atom is 0.416 e. The molecule has 1 aromatic carbocycles. The highest BCUT2D eigenvalue weighted by atomic mass is 19.4. The summed E-state index contributed by atoms with van der Waals surface area (Å²) in [5.74, 6) is 0. The fourth-order valence-corrected chi connectivity index (χ4v) is 2.84. The van der Waals surface area contributed by atoms with Crippen molar-refractivity contribution in [2.45, 2.75) is 24.7 Å². The number of halogens is 3. The van der Waals surface area contributed by atoms with Crippen molar-refractivity contribution in [2.24, 2.45) is 0 Å². The van der Waals surface area contributed by atoms with Crippen LogP contribution in [0.3, 0.4) is 0 Å². The lowest BCUT2D eigenvalue weighted by atomic mass is 10.1. The van der Waals surface area contributed by atoms with E-state index in [0.29, 0.717) is 38.5 Å². The molecule has 2 heterocycles. The molecule has 8 heteroatoms. The highest BCUT2D eigenvalue weighted by molar-refractivity contribution is 5.74. The minimum Gasteiger partial charge on any atom is -0.379 e. The lowest BCUT2D eigenvalue weighted by Gasteiger charge is -2.33. The first-order valence-corrected chi connectivity index (χ1v) is 7.85. The Hall–Kier alpha value is -1.80. The van der Waals surface area contributed by atoms with Crippen molar-refractivity contribution in [3.63, 3.8) is 0 Å². The van der Waals surface area contributed by atoms with E-state index in [2.05, 4.69) is 5.32 Å². The maximum atomic E-state index is 12.6. The summed E-state index contributed by atoms with van der Waals surface area (Å²) in [6, 6.07) is 4.70. The number of carbonyl (C=O) groups excluding carboxylic acids is 1. The van der Waals surface area contributed by atoms with Gasteiger partial charge in [-0.3, -0.25) is 0 Å². The zero-order valence-corrected chi connectivity index (χ0v) is 13.0. The normalized spacial score (nSPS) is 24.9. The number of nitrogens with one attached hydrogen (secondary N) is 1. The number of morpholine rings is 1. The Morgan fingerprint density at radius 3 is 2.58 bits per heavy atom. The Labute approximate surface area is 137 Å². The van der Waals surface area contributed by atoms with Crippen molar-refractivity contribution in [3.05, 3.63) is 35.4 Å². The van der Waals surface area contributed by atoms with Gasteiger partial charge in [-0.25, -0.2) is 4.79 Å². The van der Waals surface area contributed by atoms with Crippen LogP contribution in [0.15, 0.2) is 24.3 Å². The van der Waals surface area contributed by atoms with Crippen LogP contribution in [0.5, 0.6) is 0 Å². The van der Waals surface area contributed by atoms with E-state index in [4.69, 9.17) is 9.47 Å². The first-order chi connectivity index (χ1) is 11.4. The van der Waals surface area contributed by atoms with Crippen molar-refractivity contribution in [1.29, 1.82) is 0 Å². The Morgan fingerprint density at radius 2 is 1.96 bits per heavy atom. The number of benzene rings is 1. The third-order valence-corrected chi connectivity index (χ3v) is 4.22. The predicted molar refractivity (Wildman–Crippen MR) is 79.5 cm³/mol. The zero-order chi connectivity index (χ0) is 17.2. The minimum absolute atomic E-state index is 0.0184. The van der Waals surface area contributed by atoms with Gasteiger partial charge in [0.15, 0.2) is 0 Å². The van der Waals surface area contributed by atoms with Gasteiger partial charge in [0, 0.05) is 13.2 Å². The van der Waals surface area contributed by atoms with Gasteiger partial charge in [-0.15, -0.1) is 0 Å². The SMILES string of the molecule is O=C(N[C@H]1CCOC1)N1CCO[C@H](c2ccc(C(F)(F)F)cc2)C1. The van der Waals surface area contributed by atoms with Gasteiger partial charge in [-0.05, 0) is 24.1 Å². The fraction of sp³-hybridized carbons (Fsp3) is 0.562. The van der Waals surface area contributed by atoms with Gasteiger partial charge in [0.25, 0.3) is 0 Å². The molecule has 24 heavy (non-hydrogen) atoms. The molecule has 2 saturated heterocycles. The lowest BCUT2D eigenvalue weighted by molar-refractivity contribution is -0.137. The van der Waals surface area contributed by atoms with Crippen LogP contribution in [0.1, 0.15) is 23.7 Å². The first-order valence-electron chi connectivity index (χ1n) is 7.85. The monoisotopic (exact) mass is 344 g/mol. The van der Waals surface area contributed by atoms with E-state index in [1.807, 2.05) is 0 Å². The molecule has 2 atom stereocenters. The molecule has 2 aliphatic heterocycles. The van der Waals surface area contributed by atoms with Crippen molar-refractivity contribution in [2.75, 3.05) is 32.9 Å². The molecule has 0 unspecified atom stereocenters. The van der Waals surface area contributed by atoms with Crippen LogP contribution in [0.25, 0.3) is 0 Å². The van der Waals surface area contributed by atoms with Gasteiger partial charge in [0.05, 0.1) is 31.4 Å². The molecule has 0 aliphatic carbocycles. The molecule has 0 saturated carbocycles. The number of hydrogen-bond donors (Lipinski definition) is 1. The van der Waals surface area contributed by atoms with E-state index in [9.17, 15) is 18.0 Å². The van der Waals surface area contributed by atoms with E-state index < -0.39 is 17.8 Å². The van der Waals surface area contributed by atoms with Crippen LogP contribution in [-0.4, -0.2) is 49.9 Å². The predicted octanol–water partition coefficient (Wildman–Crippen LogP) is 2.58. The third-order valence-electron chi connectivity index (χ3n) is 4.22. The zero-order valence-electron chi connectivity index (χ0n) is 13.0. The van der Waals surface area contributed by atoms with Gasteiger partial charge < -0.3 is 19.7 Å². The molecular formula is C16H19F3N2O3. The number of urea groups is 1. The van der Waals surface area contributed by atoms with Gasteiger partial charge >= 0.3 is 12.2 Å². The average molecular weight is 344 g/mol. The quantitative estimate of drug-likeness (QED) is 0.897. The number of rotatable bonds is 2. The minimum atomic E-state index is -4.36. The second kappa shape index (κ2) is 6.98. The number of alkyl halides is 3. The second-order valence-corrected chi connectivity index (χ2v) is 5.94. The molecule has 2 amide bonds. The summed E-state index contributed by atoms with van der Waals surface area (Å²) in [6.07, 6.45) is -3.99. The summed E-state index contributed by atoms with van der Waals surface area (Å²) in [6.45, 7) is 2.27. The summed E-state index contributed by atoms with van der Waals surface area (Å²) in [5.41, 5.74) is -0.0670. The summed E-state index contributed by atoms with van der Waals surface area (Å²) in [5, 5.41) is 2.91. The summed E-state index contributed by atoms with van der Waals surface area (Å²) in [7, 11) is 0. The van der Waals surface area contributed by atoms with Crippen molar-refractivity contribution < 1.29 is 27.4 Å².